The Kier molecular flexibility index (Phi) is 6.93. The molecule has 4 atom stereocenters. The Morgan fingerprint density at radius 1 is 1.48 bits per heavy atom. The summed E-state index contributed by atoms with van der Waals surface area (Å²) in [6.45, 7) is 1.90. The number of aliphatic hydroxyl groups excluding tert-OH is 1. The summed E-state index contributed by atoms with van der Waals surface area (Å²) in [4.78, 5) is 19.1. The van der Waals surface area contributed by atoms with Gasteiger partial charge in [0.05, 0.1) is 25.4 Å². The number of aromatic nitrogens is 4. The highest BCUT2D eigenvalue weighted by Crippen LogP contribution is 2.36. The molecule has 2 aromatic heterocycles. The highest BCUT2D eigenvalue weighted by atomic mass is 33.1. The molecule has 1 fully saturated rings. The first-order valence-corrected chi connectivity index (χ1v) is 11.1. The fourth-order valence-electron chi connectivity index (χ4n) is 2.90. The van der Waals surface area contributed by atoms with E-state index in [0.717, 1.165) is 0 Å². The minimum absolute atomic E-state index is 0.00947. The van der Waals surface area contributed by atoms with E-state index in [-0.39, 0.29) is 30.5 Å². The van der Waals surface area contributed by atoms with Crippen molar-refractivity contribution in [3.05, 3.63) is 12.7 Å². The lowest BCUT2D eigenvalue weighted by Crippen LogP contribution is -2.29. The molecule has 148 valence electrons. The number of imidazole rings is 1. The SMILES string of the molecule is CSS[C@@H](C)OC1C[C@H](n2cnc3c(N=CN(C)C)ncnc32)O[C@@H]1CO. The zero-order valence-electron chi connectivity index (χ0n) is 15.7. The van der Waals surface area contributed by atoms with Gasteiger partial charge >= 0.3 is 0 Å². The van der Waals surface area contributed by atoms with Gasteiger partial charge in [0.2, 0.25) is 0 Å². The van der Waals surface area contributed by atoms with Crippen molar-refractivity contribution in [2.24, 2.45) is 4.99 Å². The molecule has 11 heteroatoms. The third kappa shape index (κ3) is 4.72. The Morgan fingerprint density at radius 3 is 3.00 bits per heavy atom. The van der Waals surface area contributed by atoms with E-state index in [1.807, 2.05) is 36.7 Å². The van der Waals surface area contributed by atoms with Crippen LogP contribution in [0.2, 0.25) is 0 Å². The van der Waals surface area contributed by atoms with Gasteiger partial charge < -0.3 is 19.5 Å². The van der Waals surface area contributed by atoms with E-state index in [9.17, 15) is 5.11 Å². The molecule has 0 spiro atoms. The van der Waals surface area contributed by atoms with E-state index in [0.29, 0.717) is 23.4 Å². The fraction of sp³-hybridized carbons (Fsp3) is 0.625. The van der Waals surface area contributed by atoms with Crippen molar-refractivity contribution in [1.29, 1.82) is 0 Å². The molecule has 0 aromatic carbocycles. The van der Waals surface area contributed by atoms with Crippen LogP contribution in [0.4, 0.5) is 5.82 Å². The van der Waals surface area contributed by atoms with Crippen molar-refractivity contribution >= 4 is 44.9 Å². The molecule has 1 aliphatic heterocycles. The van der Waals surface area contributed by atoms with E-state index in [1.165, 1.54) is 6.33 Å². The van der Waals surface area contributed by atoms with Gasteiger partial charge in [-0.25, -0.2) is 19.9 Å². The number of nitrogens with zero attached hydrogens (tertiary/aromatic N) is 6. The predicted molar refractivity (Wildman–Crippen MR) is 108 cm³/mol. The lowest BCUT2D eigenvalue weighted by Gasteiger charge is -2.20. The molecule has 1 saturated heterocycles. The molecule has 0 radical (unpaired) electrons. The average molecular weight is 413 g/mol. The number of hydrogen-bond donors (Lipinski definition) is 1. The second-order valence-electron chi connectivity index (χ2n) is 6.28. The summed E-state index contributed by atoms with van der Waals surface area (Å²) in [5.74, 6) is 0.502. The molecule has 3 heterocycles. The Balaban J connectivity index is 1.82. The van der Waals surface area contributed by atoms with Crippen LogP contribution in [0.25, 0.3) is 11.2 Å². The monoisotopic (exact) mass is 412 g/mol. The number of aliphatic hydroxyl groups is 1. The van der Waals surface area contributed by atoms with Crippen molar-refractivity contribution in [2.75, 3.05) is 27.0 Å². The number of hydrogen-bond acceptors (Lipinski definition) is 9. The summed E-state index contributed by atoms with van der Waals surface area (Å²) in [6.07, 6.45) is 6.53. The van der Waals surface area contributed by atoms with Crippen LogP contribution in [0, 0.1) is 0 Å². The van der Waals surface area contributed by atoms with E-state index >= 15 is 0 Å². The molecule has 1 aliphatic rings. The first kappa shape index (κ1) is 20.3. The number of rotatable bonds is 8. The minimum Gasteiger partial charge on any atom is -0.394 e. The van der Waals surface area contributed by atoms with Crippen LogP contribution < -0.4 is 0 Å². The van der Waals surface area contributed by atoms with Crippen molar-refractivity contribution in [3.8, 4) is 0 Å². The third-order valence-corrected chi connectivity index (χ3v) is 5.98. The summed E-state index contributed by atoms with van der Waals surface area (Å²) in [5, 5.41) is 9.68. The summed E-state index contributed by atoms with van der Waals surface area (Å²) in [6, 6.07) is 0. The third-order valence-electron chi connectivity index (χ3n) is 4.02. The van der Waals surface area contributed by atoms with Crippen LogP contribution in [0.3, 0.4) is 0 Å². The molecule has 0 aliphatic carbocycles. The average Bonchev–Trinajstić information content (AvgIpc) is 3.23. The molecule has 9 nitrogen and oxygen atoms in total. The number of aliphatic imine (C=N–C) groups is 1. The Bertz CT molecular complexity index is 787. The highest BCUT2D eigenvalue weighted by Gasteiger charge is 2.38. The van der Waals surface area contributed by atoms with E-state index in [1.54, 1.807) is 34.3 Å². The van der Waals surface area contributed by atoms with Gasteiger partial charge in [-0.05, 0) is 13.2 Å². The van der Waals surface area contributed by atoms with Crippen molar-refractivity contribution in [1.82, 2.24) is 24.4 Å². The van der Waals surface area contributed by atoms with E-state index in [2.05, 4.69) is 19.9 Å². The maximum absolute atomic E-state index is 9.68. The van der Waals surface area contributed by atoms with Gasteiger partial charge in [-0.3, -0.25) is 4.57 Å². The van der Waals surface area contributed by atoms with E-state index in [4.69, 9.17) is 9.47 Å². The van der Waals surface area contributed by atoms with Gasteiger partial charge in [0.15, 0.2) is 17.0 Å². The quantitative estimate of drug-likeness (QED) is 0.302. The zero-order chi connectivity index (χ0) is 19.4. The molecule has 1 unspecified atom stereocenters. The molecule has 3 rings (SSSR count). The second-order valence-corrected chi connectivity index (χ2v) is 9.05. The number of fused-ring (bicyclic) bond motifs is 1. The van der Waals surface area contributed by atoms with Crippen LogP contribution in [0.1, 0.15) is 19.6 Å². The maximum Gasteiger partial charge on any atom is 0.184 e. The second kappa shape index (κ2) is 9.20. The van der Waals surface area contributed by atoms with Crippen molar-refractivity contribution in [3.63, 3.8) is 0 Å². The summed E-state index contributed by atoms with van der Waals surface area (Å²) >= 11 is 0. The summed E-state index contributed by atoms with van der Waals surface area (Å²) in [5.41, 5.74) is 1.26. The van der Waals surface area contributed by atoms with Gasteiger partial charge in [-0.2, -0.15) is 0 Å². The molecular weight excluding hydrogens is 388 g/mol. The summed E-state index contributed by atoms with van der Waals surface area (Å²) < 4.78 is 13.9. The van der Waals surface area contributed by atoms with Crippen molar-refractivity contribution < 1.29 is 14.6 Å². The van der Waals surface area contributed by atoms with Gasteiger partial charge in [-0.1, -0.05) is 21.6 Å². The predicted octanol–water partition coefficient (Wildman–Crippen LogP) is 2.07. The molecule has 1 N–H and O–H groups in total. The normalized spacial score (nSPS) is 24.1. The largest absolute Gasteiger partial charge is 0.394 e. The molecule has 0 amide bonds. The summed E-state index contributed by atoms with van der Waals surface area (Å²) in [7, 11) is 7.06. The molecular formula is C16H24N6O3S2. The molecule has 0 saturated carbocycles. The Morgan fingerprint density at radius 2 is 2.30 bits per heavy atom. The minimum atomic E-state index is -0.384. The topological polar surface area (TPSA) is 97.9 Å². The lowest BCUT2D eigenvalue weighted by molar-refractivity contribution is -0.0628. The Labute approximate surface area is 166 Å². The van der Waals surface area contributed by atoms with Crippen LogP contribution in [0.15, 0.2) is 17.6 Å². The molecule has 27 heavy (non-hydrogen) atoms. The van der Waals surface area contributed by atoms with Crippen LogP contribution in [-0.4, -0.2) is 80.5 Å². The van der Waals surface area contributed by atoms with Crippen molar-refractivity contribution in [2.45, 2.75) is 37.2 Å². The van der Waals surface area contributed by atoms with E-state index < -0.39 is 0 Å². The van der Waals surface area contributed by atoms with Crippen LogP contribution >= 0.6 is 21.6 Å². The standard InChI is InChI=1S/C16H24N6O3S2/c1-10(27-26-4)24-11-5-13(25-12(11)6-23)22-9-19-14-15(20-8-21(2)3)17-7-18-16(14)22/h7-13,23H,5-6H2,1-4H3/t10-,11?,12+,13+/m0/s1. The maximum atomic E-state index is 9.68. The smallest absolute Gasteiger partial charge is 0.184 e. The fourth-order valence-corrected chi connectivity index (χ4v) is 4.31. The van der Waals surface area contributed by atoms with Gasteiger partial charge in [0, 0.05) is 20.5 Å². The molecule has 0 bridgehead atoms. The highest BCUT2D eigenvalue weighted by molar-refractivity contribution is 8.76. The van der Waals surface area contributed by atoms with Gasteiger partial charge in [-0.15, -0.1) is 0 Å². The van der Waals surface area contributed by atoms with Crippen LogP contribution in [0.5, 0.6) is 0 Å². The first-order valence-electron chi connectivity index (χ1n) is 8.52. The van der Waals surface area contributed by atoms with Gasteiger partial charge in [0.25, 0.3) is 0 Å². The Hall–Kier alpha value is -1.40. The van der Waals surface area contributed by atoms with Crippen LogP contribution in [-0.2, 0) is 9.47 Å². The van der Waals surface area contributed by atoms with Gasteiger partial charge in [0.1, 0.15) is 24.1 Å². The first-order chi connectivity index (χ1) is 13.0. The lowest BCUT2D eigenvalue weighted by atomic mass is 10.2. The molecule has 2 aromatic rings. The number of ether oxygens (including phenoxy) is 2. The zero-order valence-corrected chi connectivity index (χ0v) is 17.4.